The molecule has 1 unspecified atom stereocenters. The van der Waals surface area contributed by atoms with Crippen LogP contribution in [0.15, 0.2) is 18.2 Å². The van der Waals surface area contributed by atoms with Crippen LogP contribution in [0.3, 0.4) is 0 Å². The average Bonchev–Trinajstić information content (AvgIpc) is 2.28. The van der Waals surface area contributed by atoms with Crippen molar-refractivity contribution in [1.82, 2.24) is 9.88 Å². The molecule has 1 aliphatic rings. The molecule has 0 saturated carbocycles. The Hall–Kier alpha value is -1.42. The van der Waals surface area contributed by atoms with Crippen molar-refractivity contribution in [2.75, 3.05) is 19.7 Å². The van der Waals surface area contributed by atoms with Crippen molar-refractivity contribution in [3.8, 4) is 0 Å². The molecule has 0 N–H and O–H groups in total. The molecule has 4 nitrogen and oxygen atoms in total. The van der Waals surface area contributed by atoms with E-state index in [0.29, 0.717) is 25.4 Å². The number of amides is 1. The number of hydrogen-bond donors (Lipinski definition) is 0. The quantitative estimate of drug-likeness (QED) is 0.715. The summed E-state index contributed by atoms with van der Waals surface area (Å²) in [5.41, 5.74) is 1.39. The molecule has 0 aliphatic carbocycles. The number of carbonyl (C=O) groups excluding carboxylic acids is 1. The van der Waals surface area contributed by atoms with Gasteiger partial charge in [0.2, 0.25) is 0 Å². The second-order valence-electron chi connectivity index (χ2n) is 4.10. The molecule has 1 saturated heterocycles. The summed E-state index contributed by atoms with van der Waals surface area (Å²) in [5, 5.41) is 0. The van der Waals surface area contributed by atoms with Crippen LogP contribution in [-0.4, -0.2) is 41.6 Å². The highest BCUT2D eigenvalue weighted by Gasteiger charge is 2.23. The van der Waals surface area contributed by atoms with E-state index in [9.17, 15) is 4.79 Å². The second kappa shape index (κ2) is 4.61. The maximum Gasteiger partial charge on any atom is 0.272 e. The van der Waals surface area contributed by atoms with Gasteiger partial charge in [-0.25, -0.2) is 4.98 Å². The summed E-state index contributed by atoms with van der Waals surface area (Å²) in [5.74, 6) is -0.00106. The Morgan fingerprint density at radius 3 is 3.06 bits per heavy atom. The molecular weight excluding hydrogens is 204 g/mol. The van der Waals surface area contributed by atoms with Gasteiger partial charge in [0.05, 0.1) is 12.7 Å². The van der Waals surface area contributed by atoms with E-state index >= 15 is 0 Å². The number of aromatic nitrogens is 1. The van der Waals surface area contributed by atoms with E-state index in [-0.39, 0.29) is 12.0 Å². The van der Waals surface area contributed by atoms with Crippen LogP contribution in [0.5, 0.6) is 0 Å². The second-order valence-corrected chi connectivity index (χ2v) is 4.10. The number of carbonyl (C=O) groups is 1. The lowest BCUT2D eigenvalue weighted by molar-refractivity contribution is -0.0126. The molecule has 0 radical (unpaired) electrons. The van der Waals surface area contributed by atoms with Gasteiger partial charge in [-0.3, -0.25) is 4.79 Å². The zero-order chi connectivity index (χ0) is 11.5. The van der Waals surface area contributed by atoms with Crippen molar-refractivity contribution in [3.63, 3.8) is 0 Å². The lowest BCUT2D eigenvalue weighted by Crippen LogP contribution is -2.44. The summed E-state index contributed by atoms with van der Waals surface area (Å²) in [7, 11) is 0. The summed E-state index contributed by atoms with van der Waals surface area (Å²) in [4.78, 5) is 18.1. The van der Waals surface area contributed by atoms with Gasteiger partial charge in [0, 0.05) is 18.8 Å². The smallest absolute Gasteiger partial charge is 0.272 e. The number of aryl methyl sites for hydroxylation is 1. The van der Waals surface area contributed by atoms with Crippen LogP contribution in [-0.2, 0) is 4.74 Å². The van der Waals surface area contributed by atoms with Crippen LogP contribution < -0.4 is 0 Å². The first-order chi connectivity index (χ1) is 7.66. The van der Waals surface area contributed by atoms with Crippen molar-refractivity contribution in [3.05, 3.63) is 29.6 Å². The molecule has 1 aromatic rings. The summed E-state index contributed by atoms with van der Waals surface area (Å²) >= 11 is 0. The predicted molar refractivity (Wildman–Crippen MR) is 60.3 cm³/mol. The Labute approximate surface area is 95.2 Å². The Morgan fingerprint density at radius 1 is 1.56 bits per heavy atom. The molecule has 16 heavy (non-hydrogen) atoms. The Balaban J connectivity index is 2.12. The molecule has 1 amide bonds. The summed E-state index contributed by atoms with van der Waals surface area (Å²) < 4.78 is 5.40. The van der Waals surface area contributed by atoms with E-state index in [4.69, 9.17) is 4.74 Å². The fourth-order valence-electron chi connectivity index (χ4n) is 1.83. The Bertz CT molecular complexity index is 392. The highest BCUT2D eigenvalue weighted by molar-refractivity contribution is 5.92. The highest BCUT2D eigenvalue weighted by Crippen LogP contribution is 2.09. The zero-order valence-corrected chi connectivity index (χ0v) is 9.64. The lowest BCUT2D eigenvalue weighted by atomic mass is 10.2. The topological polar surface area (TPSA) is 42.4 Å². The van der Waals surface area contributed by atoms with Crippen molar-refractivity contribution in [2.24, 2.45) is 0 Å². The minimum absolute atomic E-state index is 0.00106. The normalized spacial score (nSPS) is 20.9. The van der Waals surface area contributed by atoms with Gasteiger partial charge in [-0.15, -0.1) is 0 Å². The molecule has 1 atom stereocenters. The minimum atomic E-state index is -0.00106. The van der Waals surface area contributed by atoms with Crippen LogP contribution >= 0.6 is 0 Å². The van der Waals surface area contributed by atoms with Crippen LogP contribution in [0.25, 0.3) is 0 Å². The summed E-state index contributed by atoms with van der Waals surface area (Å²) in [6.45, 7) is 5.77. The standard InChI is InChI=1S/C12H16N2O2/c1-9-4-3-5-11(13-9)12(15)14-6-7-16-10(2)8-14/h3-5,10H,6-8H2,1-2H3. The van der Waals surface area contributed by atoms with Gasteiger partial charge in [0.25, 0.3) is 5.91 Å². The van der Waals surface area contributed by atoms with Crippen molar-refractivity contribution in [1.29, 1.82) is 0 Å². The van der Waals surface area contributed by atoms with Gasteiger partial charge in [-0.2, -0.15) is 0 Å². The van der Waals surface area contributed by atoms with Gasteiger partial charge in [0.1, 0.15) is 5.69 Å². The zero-order valence-electron chi connectivity index (χ0n) is 9.64. The van der Waals surface area contributed by atoms with Gasteiger partial charge in [0.15, 0.2) is 0 Å². The number of rotatable bonds is 1. The van der Waals surface area contributed by atoms with Crippen LogP contribution in [0.4, 0.5) is 0 Å². The summed E-state index contributed by atoms with van der Waals surface area (Å²) in [6, 6.07) is 5.51. The van der Waals surface area contributed by atoms with Gasteiger partial charge < -0.3 is 9.64 Å². The molecular formula is C12H16N2O2. The fourth-order valence-corrected chi connectivity index (χ4v) is 1.83. The van der Waals surface area contributed by atoms with Crippen LogP contribution in [0, 0.1) is 6.92 Å². The van der Waals surface area contributed by atoms with E-state index in [0.717, 1.165) is 5.69 Å². The molecule has 1 aliphatic heterocycles. The largest absolute Gasteiger partial charge is 0.375 e. The van der Waals surface area contributed by atoms with E-state index in [2.05, 4.69) is 4.98 Å². The monoisotopic (exact) mass is 220 g/mol. The lowest BCUT2D eigenvalue weighted by Gasteiger charge is -2.30. The van der Waals surface area contributed by atoms with Gasteiger partial charge in [-0.05, 0) is 26.0 Å². The minimum Gasteiger partial charge on any atom is -0.375 e. The molecule has 1 fully saturated rings. The maximum absolute atomic E-state index is 12.1. The van der Waals surface area contributed by atoms with Gasteiger partial charge in [-0.1, -0.05) is 6.07 Å². The van der Waals surface area contributed by atoms with E-state index in [1.807, 2.05) is 26.0 Å². The van der Waals surface area contributed by atoms with E-state index in [1.165, 1.54) is 0 Å². The van der Waals surface area contributed by atoms with Gasteiger partial charge >= 0.3 is 0 Å². The maximum atomic E-state index is 12.1. The van der Waals surface area contributed by atoms with Crippen molar-refractivity contribution in [2.45, 2.75) is 20.0 Å². The van der Waals surface area contributed by atoms with Crippen LogP contribution in [0.1, 0.15) is 23.1 Å². The third-order valence-corrected chi connectivity index (χ3v) is 2.64. The third kappa shape index (κ3) is 2.39. The molecule has 0 aromatic carbocycles. The first-order valence-electron chi connectivity index (χ1n) is 5.51. The highest BCUT2D eigenvalue weighted by atomic mass is 16.5. The molecule has 2 heterocycles. The average molecular weight is 220 g/mol. The fraction of sp³-hybridized carbons (Fsp3) is 0.500. The molecule has 4 heteroatoms. The third-order valence-electron chi connectivity index (χ3n) is 2.64. The molecule has 2 rings (SSSR count). The SMILES string of the molecule is Cc1cccc(C(=O)N2CCOC(C)C2)n1. The Morgan fingerprint density at radius 2 is 2.38 bits per heavy atom. The number of hydrogen-bond acceptors (Lipinski definition) is 3. The molecule has 0 bridgehead atoms. The number of nitrogens with zero attached hydrogens (tertiary/aromatic N) is 2. The Kier molecular flexibility index (Phi) is 3.19. The van der Waals surface area contributed by atoms with Crippen molar-refractivity contribution < 1.29 is 9.53 Å². The molecule has 0 spiro atoms. The predicted octanol–water partition coefficient (Wildman–Crippen LogP) is 1.25. The van der Waals surface area contributed by atoms with Crippen LogP contribution in [0.2, 0.25) is 0 Å². The van der Waals surface area contributed by atoms with E-state index in [1.54, 1.807) is 11.0 Å². The molecule has 1 aromatic heterocycles. The number of ether oxygens (including phenoxy) is 1. The number of pyridine rings is 1. The molecule has 86 valence electrons. The first-order valence-corrected chi connectivity index (χ1v) is 5.51. The first kappa shape index (κ1) is 11.1. The van der Waals surface area contributed by atoms with E-state index < -0.39 is 0 Å². The van der Waals surface area contributed by atoms with Crippen molar-refractivity contribution >= 4 is 5.91 Å². The number of morpholine rings is 1. The summed E-state index contributed by atoms with van der Waals surface area (Å²) in [6.07, 6.45) is 0.113.